The number of rotatable bonds is 5. The van der Waals surface area contributed by atoms with Crippen LogP contribution in [0.3, 0.4) is 0 Å². The Hall–Kier alpha value is -0.0900. The van der Waals surface area contributed by atoms with Crippen LogP contribution in [0.15, 0.2) is 0 Å². The maximum Gasteiger partial charge on any atom is 0.223 e. The quantitative estimate of drug-likeness (QED) is 0.790. The van der Waals surface area contributed by atoms with Gasteiger partial charge in [-0.15, -0.1) is 0 Å². The summed E-state index contributed by atoms with van der Waals surface area (Å²) >= 11 is 3.59. The summed E-state index contributed by atoms with van der Waals surface area (Å²) in [7, 11) is 0. The van der Waals surface area contributed by atoms with Crippen LogP contribution in [-0.4, -0.2) is 30.5 Å². The summed E-state index contributed by atoms with van der Waals surface area (Å²) in [6.45, 7) is 6.56. The minimum Gasteiger partial charge on any atom is -0.381 e. The Balaban J connectivity index is 2.18. The molecule has 0 radical (unpaired) electrons. The molecule has 4 heteroatoms. The second-order valence-electron chi connectivity index (χ2n) is 4.86. The fraction of sp³-hybridized carbons (Fsp3) is 0.917. The Morgan fingerprint density at radius 2 is 2.06 bits per heavy atom. The lowest BCUT2D eigenvalue weighted by molar-refractivity contribution is -0.127. The Morgan fingerprint density at radius 1 is 1.44 bits per heavy atom. The number of amides is 1. The summed E-state index contributed by atoms with van der Waals surface area (Å²) in [5.74, 6) is 1.01. The number of alkyl halides is 1. The third-order valence-corrected chi connectivity index (χ3v) is 3.51. The Kier molecular flexibility index (Phi) is 6.36. The summed E-state index contributed by atoms with van der Waals surface area (Å²) in [5, 5.41) is 3.02. The highest BCUT2D eigenvalue weighted by atomic mass is 79.9. The molecule has 1 unspecified atom stereocenters. The van der Waals surface area contributed by atoms with Crippen LogP contribution in [0.5, 0.6) is 0 Å². The Bertz CT molecular complexity index is 215. The summed E-state index contributed by atoms with van der Waals surface area (Å²) in [5.41, 5.74) is 0. The van der Waals surface area contributed by atoms with Gasteiger partial charge >= 0.3 is 0 Å². The predicted molar refractivity (Wildman–Crippen MR) is 68.7 cm³/mol. The van der Waals surface area contributed by atoms with E-state index in [0.717, 1.165) is 39.0 Å². The largest absolute Gasteiger partial charge is 0.381 e. The number of nitrogens with one attached hydrogen (secondary N) is 1. The lowest BCUT2D eigenvalue weighted by atomic mass is 9.99. The van der Waals surface area contributed by atoms with Gasteiger partial charge in [-0.05, 0) is 25.2 Å². The van der Waals surface area contributed by atoms with Gasteiger partial charge in [0.25, 0.3) is 0 Å². The number of hydrogen-bond donors (Lipinski definition) is 1. The highest BCUT2D eigenvalue weighted by Gasteiger charge is 2.21. The van der Waals surface area contributed by atoms with Gasteiger partial charge < -0.3 is 10.1 Å². The van der Waals surface area contributed by atoms with Crippen LogP contribution in [0.2, 0.25) is 0 Å². The van der Waals surface area contributed by atoms with Crippen molar-refractivity contribution in [2.75, 3.05) is 19.8 Å². The van der Waals surface area contributed by atoms with Crippen LogP contribution in [0.4, 0.5) is 0 Å². The van der Waals surface area contributed by atoms with Crippen molar-refractivity contribution in [3.8, 4) is 0 Å². The SMILES string of the molecule is CC(C)CC(Br)CNC(=O)C1CCOCC1. The third-order valence-electron chi connectivity index (χ3n) is 2.82. The summed E-state index contributed by atoms with van der Waals surface area (Å²) in [4.78, 5) is 12.2. The Labute approximate surface area is 106 Å². The molecule has 1 saturated heterocycles. The van der Waals surface area contributed by atoms with Crippen LogP contribution < -0.4 is 5.32 Å². The first-order valence-electron chi connectivity index (χ1n) is 6.09. The standard InChI is InChI=1S/C12H22BrNO2/c1-9(2)7-11(13)8-14-12(15)10-3-5-16-6-4-10/h9-11H,3-8H2,1-2H3,(H,14,15). The van der Waals surface area contributed by atoms with Crippen molar-refractivity contribution in [2.45, 2.75) is 37.9 Å². The van der Waals surface area contributed by atoms with E-state index in [4.69, 9.17) is 4.74 Å². The zero-order valence-corrected chi connectivity index (χ0v) is 11.8. The number of hydrogen-bond acceptors (Lipinski definition) is 2. The molecule has 1 heterocycles. The molecule has 1 aliphatic rings. The molecule has 0 spiro atoms. The molecular formula is C12H22BrNO2. The van der Waals surface area contributed by atoms with Crippen molar-refractivity contribution in [3.63, 3.8) is 0 Å². The first-order valence-corrected chi connectivity index (χ1v) is 7.00. The molecule has 1 atom stereocenters. The van der Waals surface area contributed by atoms with Crippen molar-refractivity contribution in [2.24, 2.45) is 11.8 Å². The molecule has 0 saturated carbocycles. The fourth-order valence-electron chi connectivity index (χ4n) is 1.91. The van der Waals surface area contributed by atoms with E-state index in [-0.39, 0.29) is 11.8 Å². The van der Waals surface area contributed by atoms with Crippen molar-refractivity contribution in [1.29, 1.82) is 0 Å². The van der Waals surface area contributed by atoms with Gasteiger partial charge in [0.1, 0.15) is 0 Å². The number of carbonyl (C=O) groups is 1. The minimum atomic E-state index is 0.160. The van der Waals surface area contributed by atoms with E-state index in [9.17, 15) is 4.79 Å². The highest BCUT2D eigenvalue weighted by molar-refractivity contribution is 9.09. The molecule has 0 aromatic carbocycles. The molecule has 1 rings (SSSR count). The predicted octanol–water partition coefficient (Wildman–Crippen LogP) is 2.34. The molecule has 0 aromatic rings. The zero-order chi connectivity index (χ0) is 12.0. The molecule has 0 bridgehead atoms. The van der Waals surface area contributed by atoms with Crippen molar-refractivity contribution >= 4 is 21.8 Å². The van der Waals surface area contributed by atoms with Gasteiger partial charge in [0, 0.05) is 30.5 Å². The van der Waals surface area contributed by atoms with E-state index >= 15 is 0 Å². The van der Waals surface area contributed by atoms with E-state index in [1.807, 2.05) is 0 Å². The van der Waals surface area contributed by atoms with E-state index in [1.54, 1.807) is 0 Å². The molecule has 94 valence electrons. The van der Waals surface area contributed by atoms with Crippen molar-refractivity contribution in [3.05, 3.63) is 0 Å². The molecule has 1 aliphatic heterocycles. The number of carbonyl (C=O) groups excluding carboxylic acids is 1. The van der Waals surface area contributed by atoms with E-state index in [2.05, 4.69) is 35.1 Å². The molecule has 0 aromatic heterocycles. The minimum absolute atomic E-state index is 0.160. The molecule has 0 aliphatic carbocycles. The first-order chi connectivity index (χ1) is 7.59. The van der Waals surface area contributed by atoms with Gasteiger partial charge in [0.2, 0.25) is 5.91 Å². The van der Waals surface area contributed by atoms with E-state index < -0.39 is 0 Å². The van der Waals surface area contributed by atoms with Gasteiger partial charge in [0.05, 0.1) is 0 Å². The lowest BCUT2D eigenvalue weighted by Crippen LogP contribution is -2.37. The van der Waals surface area contributed by atoms with E-state index in [0.29, 0.717) is 10.7 Å². The zero-order valence-electron chi connectivity index (χ0n) is 10.2. The van der Waals surface area contributed by atoms with Gasteiger partial charge in [0.15, 0.2) is 0 Å². The monoisotopic (exact) mass is 291 g/mol. The van der Waals surface area contributed by atoms with Crippen LogP contribution in [0.1, 0.15) is 33.1 Å². The second kappa shape index (κ2) is 7.28. The lowest BCUT2D eigenvalue weighted by Gasteiger charge is -2.22. The maximum atomic E-state index is 11.8. The van der Waals surface area contributed by atoms with Gasteiger partial charge in [-0.25, -0.2) is 0 Å². The molecule has 1 fully saturated rings. The van der Waals surface area contributed by atoms with Crippen LogP contribution >= 0.6 is 15.9 Å². The molecular weight excluding hydrogens is 270 g/mol. The van der Waals surface area contributed by atoms with Crippen LogP contribution in [0.25, 0.3) is 0 Å². The van der Waals surface area contributed by atoms with E-state index in [1.165, 1.54) is 0 Å². The van der Waals surface area contributed by atoms with Gasteiger partial charge in [-0.2, -0.15) is 0 Å². The number of halogens is 1. The summed E-state index contributed by atoms with van der Waals surface area (Å²) in [6.07, 6.45) is 2.82. The second-order valence-corrected chi connectivity index (χ2v) is 6.15. The maximum absolute atomic E-state index is 11.8. The first kappa shape index (κ1) is 14.0. The smallest absolute Gasteiger partial charge is 0.223 e. The summed E-state index contributed by atoms with van der Waals surface area (Å²) in [6, 6.07) is 0. The fourth-order valence-corrected chi connectivity index (χ4v) is 2.82. The average molecular weight is 292 g/mol. The molecule has 1 amide bonds. The summed E-state index contributed by atoms with van der Waals surface area (Å²) < 4.78 is 5.24. The van der Waals surface area contributed by atoms with Crippen LogP contribution in [0, 0.1) is 11.8 Å². The topological polar surface area (TPSA) is 38.3 Å². The third kappa shape index (κ3) is 5.30. The van der Waals surface area contributed by atoms with Crippen molar-refractivity contribution in [1.82, 2.24) is 5.32 Å². The molecule has 3 nitrogen and oxygen atoms in total. The van der Waals surface area contributed by atoms with Gasteiger partial charge in [-0.1, -0.05) is 29.8 Å². The van der Waals surface area contributed by atoms with Crippen LogP contribution in [-0.2, 0) is 9.53 Å². The number of ether oxygens (including phenoxy) is 1. The van der Waals surface area contributed by atoms with Crippen molar-refractivity contribution < 1.29 is 9.53 Å². The average Bonchev–Trinajstić information content (AvgIpc) is 2.26. The normalized spacial score (nSPS) is 19.8. The molecule has 1 N–H and O–H groups in total. The van der Waals surface area contributed by atoms with Gasteiger partial charge in [-0.3, -0.25) is 4.79 Å². The Morgan fingerprint density at radius 3 is 2.62 bits per heavy atom. The molecule has 16 heavy (non-hydrogen) atoms. The highest BCUT2D eigenvalue weighted by Crippen LogP contribution is 2.15.